The lowest BCUT2D eigenvalue weighted by Gasteiger charge is -2.53. The van der Waals surface area contributed by atoms with Crippen LogP contribution in [0.4, 0.5) is 0 Å². The molecule has 4 rings (SSSR count). The summed E-state index contributed by atoms with van der Waals surface area (Å²) >= 11 is 0. The van der Waals surface area contributed by atoms with Gasteiger partial charge in [0.1, 0.15) is 5.75 Å². The highest BCUT2D eigenvalue weighted by Crippen LogP contribution is 2.66. The molecule has 2 aliphatic heterocycles. The highest BCUT2D eigenvalue weighted by atomic mass is 16.5. The number of aryl methyl sites for hydroxylation is 1. The molecule has 1 aromatic rings. The Balaban J connectivity index is 1.81. The van der Waals surface area contributed by atoms with E-state index in [9.17, 15) is 9.90 Å². The number of likely N-dealkylation sites (N-methyl/N-ethyl adjacent to an activating group) is 1. The smallest absolute Gasteiger partial charge is 0.210 e. The van der Waals surface area contributed by atoms with Crippen LogP contribution in [0.5, 0.6) is 5.75 Å². The molecule has 1 saturated heterocycles. The first-order valence-electron chi connectivity index (χ1n) is 11.5. The number of ether oxygens (including phenoxy) is 1. The van der Waals surface area contributed by atoms with E-state index in [1.54, 1.807) is 0 Å². The summed E-state index contributed by atoms with van der Waals surface area (Å²) in [7, 11) is 1.91. The largest absolute Gasteiger partial charge is 0.508 e. The van der Waals surface area contributed by atoms with Gasteiger partial charge in [0.15, 0.2) is 0 Å². The third-order valence-corrected chi connectivity index (χ3v) is 7.58. The lowest BCUT2D eigenvalue weighted by atomic mass is 9.63. The van der Waals surface area contributed by atoms with Crippen molar-refractivity contribution in [3.8, 4) is 5.75 Å². The fraction of sp³-hybridized carbons (Fsp3) is 0.640. The van der Waals surface area contributed by atoms with Crippen LogP contribution in [-0.4, -0.2) is 43.2 Å². The van der Waals surface area contributed by atoms with Crippen LogP contribution in [-0.2, 0) is 21.5 Å². The number of phenolic OH excluding ortho intramolecular Hbond substituents is 1. The normalized spacial score (nSPS) is 25.7. The van der Waals surface area contributed by atoms with Crippen LogP contribution in [0.1, 0.15) is 57.1 Å². The first-order valence-corrected chi connectivity index (χ1v) is 11.5. The van der Waals surface area contributed by atoms with Gasteiger partial charge >= 0.3 is 0 Å². The van der Waals surface area contributed by atoms with Crippen molar-refractivity contribution in [3.05, 3.63) is 41.1 Å². The van der Waals surface area contributed by atoms with Crippen molar-refractivity contribution in [2.45, 2.75) is 57.9 Å². The molecule has 0 unspecified atom stereocenters. The maximum Gasteiger partial charge on any atom is 0.210 e. The molecule has 30 heavy (non-hydrogen) atoms. The molecule has 1 spiro atoms. The number of hydrogen-bond donors (Lipinski definition) is 2. The highest BCUT2D eigenvalue weighted by Gasteiger charge is 2.65. The van der Waals surface area contributed by atoms with Gasteiger partial charge in [-0.05, 0) is 79.3 Å². The fourth-order valence-corrected chi connectivity index (χ4v) is 5.78. The van der Waals surface area contributed by atoms with Crippen molar-refractivity contribution in [1.29, 1.82) is 0 Å². The first-order chi connectivity index (χ1) is 14.4. The predicted molar refractivity (Wildman–Crippen MR) is 118 cm³/mol. The Kier molecular flexibility index (Phi) is 5.84. The van der Waals surface area contributed by atoms with E-state index >= 15 is 0 Å². The number of aromatic hydroxyl groups is 1. The van der Waals surface area contributed by atoms with E-state index in [2.05, 4.69) is 37.5 Å². The number of carbonyl (C=O) groups excluding carboxylic acids is 1. The molecule has 1 saturated carbocycles. The molecule has 1 aromatic carbocycles. The number of rotatable bonds is 7. The standard InChI is InChI=1S/C25H36N2O3/c1-18(2)4-5-20-6-7-21(14-23(20)29)25(27(3)17-28)22(19-8-12-30-13-9-19)15-26-16-24(25)10-11-24/h6-7,14-15,17-19,26,29H,4-5,8-13,16H2,1-3H3/t25-/m0/s1. The van der Waals surface area contributed by atoms with Crippen LogP contribution in [0, 0.1) is 17.3 Å². The van der Waals surface area contributed by atoms with Crippen molar-refractivity contribution in [3.63, 3.8) is 0 Å². The van der Waals surface area contributed by atoms with Gasteiger partial charge in [0.25, 0.3) is 0 Å². The molecule has 2 heterocycles. The second-order valence-corrected chi connectivity index (χ2v) is 9.85. The third kappa shape index (κ3) is 3.41. The Morgan fingerprint density at radius 2 is 2.03 bits per heavy atom. The Morgan fingerprint density at radius 1 is 1.30 bits per heavy atom. The van der Waals surface area contributed by atoms with Gasteiger partial charge < -0.3 is 20.1 Å². The lowest BCUT2D eigenvalue weighted by Crippen LogP contribution is -2.58. The van der Waals surface area contributed by atoms with E-state index in [0.29, 0.717) is 17.6 Å². The molecule has 164 valence electrons. The van der Waals surface area contributed by atoms with E-state index in [1.807, 2.05) is 18.0 Å². The van der Waals surface area contributed by atoms with Crippen LogP contribution < -0.4 is 5.32 Å². The first kappa shape index (κ1) is 21.2. The molecule has 0 radical (unpaired) electrons. The SMILES string of the molecule is CC(C)CCc1ccc([C@]2(N(C)C=O)C(C3CCOCC3)=CNCC23CC3)cc1O. The van der Waals surface area contributed by atoms with E-state index in [0.717, 1.165) is 75.8 Å². The molecule has 5 heteroatoms. The zero-order chi connectivity index (χ0) is 21.4. The van der Waals surface area contributed by atoms with E-state index in [-0.39, 0.29) is 5.41 Å². The molecule has 2 fully saturated rings. The van der Waals surface area contributed by atoms with Crippen LogP contribution >= 0.6 is 0 Å². The Labute approximate surface area is 180 Å². The van der Waals surface area contributed by atoms with Gasteiger partial charge in [-0.15, -0.1) is 0 Å². The maximum atomic E-state index is 12.2. The second kappa shape index (κ2) is 8.26. The number of nitrogens with one attached hydrogen (secondary N) is 1. The quantitative estimate of drug-likeness (QED) is 0.666. The molecule has 0 aromatic heterocycles. The van der Waals surface area contributed by atoms with Crippen molar-refractivity contribution >= 4 is 6.41 Å². The molecule has 1 aliphatic carbocycles. The molecule has 3 aliphatic rings. The van der Waals surface area contributed by atoms with Crippen molar-refractivity contribution in [2.24, 2.45) is 17.3 Å². The van der Waals surface area contributed by atoms with Gasteiger partial charge in [0.2, 0.25) is 6.41 Å². The van der Waals surface area contributed by atoms with Gasteiger partial charge in [0, 0.05) is 32.2 Å². The minimum atomic E-state index is -0.518. The van der Waals surface area contributed by atoms with Gasteiger partial charge in [-0.1, -0.05) is 26.0 Å². The summed E-state index contributed by atoms with van der Waals surface area (Å²) in [4.78, 5) is 14.1. The molecule has 1 amide bonds. The van der Waals surface area contributed by atoms with E-state index in [1.165, 1.54) is 5.57 Å². The number of phenols is 1. The van der Waals surface area contributed by atoms with Gasteiger partial charge in [-0.2, -0.15) is 0 Å². The summed E-state index contributed by atoms with van der Waals surface area (Å²) in [6.07, 6.45) is 9.14. The maximum absolute atomic E-state index is 12.2. The minimum absolute atomic E-state index is 0.0169. The summed E-state index contributed by atoms with van der Waals surface area (Å²) in [6, 6.07) is 6.18. The van der Waals surface area contributed by atoms with Crippen molar-refractivity contribution in [1.82, 2.24) is 10.2 Å². The zero-order valence-corrected chi connectivity index (χ0v) is 18.6. The summed E-state index contributed by atoms with van der Waals surface area (Å²) < 4.78 is 5.63. The second-order valence-electron chi connectivity index (χ2n) is 9.85. The summed E-state index contributed by atoms with van der Waals surface area (Å²) in [5, 5.41) is 14.5. The van der Waals surface area contributed by atoms with Crippen LogP contribution in [0.3, 0.4) is 0 Å². The van der Waals surface area contributed by atoms with Crippen LogP contribution in [0.15, 0.2) is 30.0 Å². The van der Waals surface area contributed by atoms with E-state index in [4.69, 9.17) is 4.74 Å². The average Bonchev–Trinajstić information content (AvgIpc) is 3.53. The highest BCUT2D eigenvalue weighted by molar-refractivity contribution is 5.58. The van der Waals surface area contributed by atoms with Crippen LogP contribution in [0.25, 0.3) is 0 Å². The zero-order valence-electron chi connectivity index (χ0n) is 18.6. The lowest BCUT2D eigenvalue weighted by molar-refractivity contribution is -0.124. The Hall–Kier alpha value is -2.01. The van der Waals surface area contributed by atoms with Gasteiger partial charge in [-0.25, -0.2) is 0 Å². The fourth-order valence-electron chi connectivity index (χ4n) is 5.78. The molecule has 1 atom stereocenters. The molecular formula is C25H36N2O3. The Bertz CT molecular complexity index is 809. The van der Waals surface area contributed by atoms with Crippen LogP contribution in [0.2, 0.25) is 0 Å². The summed E-state index contributed by atoms with van der Waals surface area (Å²) in [5.74, 6) is 1.32. The summed E-state index contributed by atoms with van der Waals surface area (Å²) in [6.45, 7) is 6.78. The molecule has 0 bridgehead atoms. The minimum Gasteiger partial charge on any atom is -0.508 e. The third-order valence-electron chi connectivity index (χ3n) is 7.58. The number of benzene rings is 1. The van der Waals surface area contributed by atoms with Gasteiger partial charge in [-0.3, -0.25) is 4.79 Å². The van der Waals surface area contributed by atoms with Gasteiger partial charge in [0.05, 0.1) is 5.54 Å². The molecule has 5 nitrogen and oxygen atoms in total. The molecular weight excluding hydrogens is 376 g/mol. The van der Waals surface area contributed by atoms with E-state index < -0.39 is 5.54 Å². The molecule has 2 N–H and O–H groups in total. The monoisotopic (exact) mass is 412 g/mol. The Morgan fingerprint density at radius 3 is 2.63 bits per heavy atom. The summed E-state index contributed by atoms with van der Waals surface area (Å²) in [5.41, 5.74) is 2.78. The number of nitrogens with zero attached hydrogens (tertiary/aromatic N) is 1. The van der Waals surface area contributed by atoms with Crippen molar-refractivity contribution < 1.29 is 14.6 Å². The average molecular weight is 413 g/mol. The number of amides is 1. The number of carbonyl (C=O) groups is 1. The number of hydrogen-bond acceptors (Lipinski definition) is 4. The predicted octanol–water partition coefficient (Wildman–Crippen LogP) is 3.96. The topological polar surface area (TPSA) is 61.8 Å². The van der Waals surface area contributed by atoms with Crippen molar-refractivity contribution in [2.75, 3.05) is 26.8 Å².